The molecule has 3 rings (SSSR count). The van der Waals surface area contributed by atoms with Crippen molar-refractivity contribution in [3.63, 3.8) is 0 Å². The molecule has 2 heterocycles. The molecule has 0 fully saturated rings. The quantitative estimate of drug-likeness (QED) is 0.682. The molecule has 0 bridgehead atoms. The van der Waals surface area contributed by atoms with Crippen molar-refractivity contribution >= 4 is 35.0 Å². The van der Waals surface area contributed by atoms with Crippen LogP contribution in [0.4, 0.5) is 6.01 Å². The first-order valence-electron chi connectivity index (χ1n) is 7.12. The zero-order valence-electron chi connectivity index (χ0n) is 12.5. The van der Waals surface area contributed by atoms with E-state index in [0.717, 1.165) is 16.9 Å². The van der Waals surface area contributed by atoms with Gasteiger partial charge in [0.25, 0.3) is 5.89 Å². The molecule has 0 atom stereocenters. The molecule has 1 aromatic carbocycles. The standard InChI is InChI=1S/C16H15N3O2S2/c1-2-23-13-5-3-11(4-6-13)9-14(20)17-16-19-18-15(21-16)12-7-8-22-10-12/h3-8,10H,2,9H2,1H3,(H,17,19,20). The lowest BCUT2D eigenvalue weighted by molar-refractivity contribution is -0.115. The topological polar surface area (TPSA) is 68.0 Å². The number of aromatic nitrogens is 2. The third-order valence-corrected chi connectivity index (χ3v) is 4.62. The summed E-state index contributed by atoms with van der Waals surface area (Å²) in [5.41, 5.74) is 1.80. The summed E-state index contributed by atoms with van der Waals surface area (Å²) in [6, 6.07) is 9.98. The number of nitrogens with one attached hydrogen (secondary N) is 1. The van der Waals surface area contributed by atoms with Gasteiger partial charge in [-0.15, -0.1) is 16.9 Å². The van der Waals surface area contributed by atoms with Crippen molar-refractivity contribution in [3.8, 4) is 11.5 Å². The van der Waals surface area contributed by atoms with Crippen molar-refractivity contribution in [2.24, 2.45) is 0 Å². The van der Waals surface area contributed by atoms with Gasteiger partial charge in [-0.05, 0) is 34.9 Å². The van der Waals surface area contributed by atoms with E-state index in [0.29, 0.717) is 5.89 Å². The summed E-state index contributed by atoms with van der Waals surface area (Å²) in [7, 11) is 0. The zero-order chi connectivity index (χ0) is 16.1. The van der Waals surface area contributed by atoms with Gasteiger partial charge in [0.05, 0.1) is 6.42 Å². The molecular formula is C16H15N3O2S2. The van der Waals surface area contributed by atoms with Gasteiger partial charge in [0.1, 0.15) is 0 Å². The highest BCUT2D eigenvalue weighted by Gasteiger charge is 2.12. The average Bonchev–Trinajstić information content (AvgIpc) is 3.20. The molecule has 0 radical (unpaired) electrons. The summed E-state index contributed by atoms with van der Waals surface area (Å²) in [4.78, 5) is 13.2. The van der Waals surface area contributed by atoms with E-state index in [9.17, 15) is 4.79 Å². The molecular weight excluding hydrogens is 330 g/mol. The highest BCUT2D eigenvalue weighted by Crippen LogP contribution is 2.22. The molecule has 1 amide bonds. The monoisotopic (exact) mass is 345 g/mol. The number of amides is 1. The van der Waals surface area contributed by atoms with Gasteiger partial charge in [-0.25, -0.2) is 0 Å². The lowest BCUT2D eigenvalue weighted by Gasteiger charge is -2.03. The maximum Gasteiger partial charge on any atom is 0.322 e. The smallest absolute Gasteiger partial charge is 0.322 e. The van der Waals surface area contributed by atoms with Crippen LogP contribution < -0.4 is 5.32 Å². The first-order chi connectivity index (χ1) is 11.2. The molecule has 1 N–H and O–H groups in total. The lowest BCUT2D eigenvalue weighted by Crippen LogP contribution is -2.14. The summed E-state index contributed by atoms with van der Waals surface area (Å²) in [5, 5.41) is 14.2. The van der Waals surface area contributed by atoms with Crippen LogP contribution in [0.3, 0.4) is 0 Å². The minimum atomic E-state index is -0.179. The molecule has 0 aliphatic rings. The number of carbonyl (C=O) groups excluding carboxylic acids is 1. The van der Waals surface area contributed by atoms with E-state index in [1.54, 1.807) is 23.1 Å². The number of anilines is 1. The van der Waals surface area contributed by atoms with Crippen molar-refractivity contribution in [2.45, 2.75) is 18.2 Å². The second-order valence-corrected chi connectivity index (χ2v) is 6.84. The van der Waals surface area contributed by atoms with Gasteiger partial charge in [0, 0.05) is 15.8 Å². The minimum absolute atomic E-state index is 0.120. The molecule has 0 spiro atoms. The predicted molar refractivity (Wildman–Crippen MR) is 92.8 cm³/mol. The maximum atomic E-state index is 12.0. The zero-order valence-corrected chi connectivity index (χ0v) is 14.1. The van der Waals surface area contributed by atoms with E-state index in [1.165, 1.54) is 4.90 Å². The Kier molecular flexibility index (Phi) is 5.09. The van der Waals surface area contributed by atoms with Crippen LogP contribution in [0.5, 0.6) is 0 Å². The van der Waals surface area contributed by atoms with Crippen LogP contribution in [0, 0.1) is 0 Å². The number of thiophene rings is 1. The molecule has 2 aromatic heterocycles. The lowest BCUT2D eigenvalue weighted by atomic mass is 10.1. The van der Waals surface area contributed by atoms with Gasteiger partial charge in [-0.3, -0.25) is 10.1 Å². The second kappa shape index (κ2) is 7.43. The van der Waals surface area contributed by atoms with E-state index in [1.807, 2.05) is 41.1 Å². The Labute approximate surface area is 142 Å². The molecule has 3 aromatic rings. The van der Waals surface area contributed by atoms with Crippen LogP contribution in [0.1, 0.15) is 12.5 Å². The normalized spacial score (nSPS) is 10.7. The van der Waals surface area contributed by atoms with E-state index >= 15 is 0 Å². The Hall–Kier alpha value is -2.12. The maximum absolute atomic E-state index is 12.0. The van der Waals surface area contributed by atoms with Crippen LogP contribution in [-0.2, 0) is 11.2 Å². The third kappa shape index (κ3) is 4.20. The van der Waals surface area contributed by atoms with Gasteiger partial charge in [-0.1, -0.05) is 24.2 Å². The van der Waals surface area contributed by atoms with Gasteiger partial charge >= 0.3 is 6.01 Å². The van der Waals surface area contributed by atoms with Crippen LogP contribution in [-0.4, -0.2) is 21.9 Å². The fourth-order valence-corrected chi connectivity index (χ4v) is 3.29. The number of rotatable bonds is 6. The van der Waals surface area contributed by atoms with E-state index in [4.69, 9.17) is 4.42 Å². The molecule has 5 nitrogen and oxygen atoms in total. The molecule has 0 saturated carbocycles. The number of hydrogen-bond donors (Lipinski definition) is 1. The number of carbonyl (C=O) groups is 1. The molecule has 118 valence electrons. The second-order valence-electron chi connectivity index (χ2n) is 4.73. The Bertz CT molecular complexity index is 767. The summed E-state index contributed by atoms with van der Waals surface area (Å²) < 4.78 is 5.44. The number of hydrogen-bond acceptors (Lipinski definition) is 6. The molecule has 0 unspecified atom stereocenters. The molecule has 23 heavy (non-hydrogen) atoms. The Morgan fingerprint density at radius 1 is 1.26 bits per heavy atom. The fraction of sp³-hybridized carbons (Fsp3) is 0.188. The summed E-state index contributed by atoms with van der Waals surface area (Å²) in [5.74, 6) is 1.26. The third-order valence-electron chi connectivity index (χ3n) is 3.04. The first kappa shape index (κ1) is 15.8. The fourth-order valence-electron chi connectivity index (χ4n) is 2.00. The Balaban J connectivity index is 1.59. The van der Waals surface area contributed by atoms with Gasteiger partial charge in [0.2, 0.25) is 5.91 Å². The summed E-state index contributed by atoms with van der Waals surface area (Å²) >= 11 is 3.32. The van der Waals surface area contributed by atoms with Crippen LogP contribution in [0.2, 0.25) is 0 Å². The highest BCUT2D eigenvalue weighted by atomic mass is 32.2. The summed E-state index contributed by atoms with van der Waals surface area (Å²) in [6.45, 7) is 2.11. The van der Waals surface area contributed by atoms with Crippen molar-refractivity contribution in [1.29, 1.82) is 0 Å². The molecule has 0 aliphatic heterocycles. The number of thioether (sulfide) groups is 1. The van der Waals surface area contributed by atoms with Crippen LogP contribution in [0.15, 0.2) is 50.4 Å². The van der Waals surface area contributed by atoms with Gasteiger partial charge in [-0.2, -0.15) is 11.3 Å². The largest absolute Gasteiger partial charge is 0.403 e. The van der Waals surface area contributed by atoms with Gasteiger partial charge in [0.15, 0.2) is 0 Å². The minimum Gasteiger partial charge on any atom is -0.403 e. The first-order valence-corrected chi connectivity index (χ1v) is 9.05. The predicted octanol–water partition coefficient (Wildman–Crippen LogP) is 4.09. The molecule has 7 heteroatoms. The van der Waals surface area contributed by atoms with Gasteiger partial charge < -0.3 is 4.42 Å². The number of nitrogens with zero attached hydrogens (tertiary/aromatic N) is 2. The summed E-state index contributed by atoms with van der Waals surface area (Å²) in [6.07, 6.45) is 0.271. The van der Waals surface area contributed by atoms with Crippen molar-refractivity contribution in [1.82, 2.24) is 10.2 Å². The SMILES string of the molecule is CCSc1ccc(CC(=O)Nc2nnc(-c3ccsc3)o2)cc1. The highest BCUT2D eigenvalue weighted by molar-refractivity contribution is 7.99. The van der Waals surface area contributed by atoms with Crippen molar-refractivity contribution in [3.05, 3.63) is 46.7 Å². The molecule has 0 saturated heterocycles. The Morgan fingerprint density at radius 3 is 2.78 bits per heavy atom. The van der Waals surface area contributed by atoms with Crippen molar-refractivity contribution < 1.29 is 9.21 Å². The van der Waals surface area contributed by atoms with Crippen molar-refractivity contribution in [2.75, 3.05) is 11.1 Å². The average molecular weight is 345 g/mol. The van der Waals surface area contributed by atoms with Crippen LogP contribution >= 0.6 is 23.1 Å². The van der Waals surface area contributed by atoms with E-state index < -0.39 is 0 Å². The van der Waals surface area contributed by atoms with E-state index in [2.05, 4.69) is 22.4 Å². The van der Waals surface area contributed by atoms with E-state index in [-0.39, 0.29) is 18.3 Å². The van der Waals surface area contributed by atoms with Crippen LogP contribution in [0.25, 0.3) is 11.5 Å². The molecule has 0 aliphatic carbocycles. The Morgan fingerprint density at radius 2 is 2.09 bits per heavy atom. The number of benzene rings is 1.